The average molecular weight is 399 g/mol. The number of hydrogen-bond acceptors (Lipinski definition) is 12. The van der Waals surface area contributed by atoms with Gasteiger partial charge in [-0.2, -0.15) is 0 Å². The zero-order chi connectivity index (χ0) is 20.1. The molecule has 2 aliphatic heterocycles. The Bertz CT molecular complexity index is 444. The van der Waals surface area contributed by atoms with E-state index in [9.17, 15) is 30.6 Å². The molecular weight excluding hydrogens is 370 g/mol. The molecule has 0 radical (unpaired) electrons. The smallest absolute Gasteiger partial charge is 0.187 e. The van der Waals surface area contributed by atoms with Crippen molar-refractivity contribution in [1.82, 2.24) is 0 Å². The molecule has 0 aliphatic carbocycles. The maximum absolute atomic E-state index is 10.3. The first-order valence-corrected chi connectivity index (χ1v) is 8.75. The van der Waals surface area contributed by atoms with E-state index in [1.165, 1.54) is 0 Å². The van der Waals surface area contributed by atoms with Gasteiger partial charge >= 0.3 is 0 Å². The van der Waals surface area contributed by atoms with Crippen LogP contribution in [0.25, 0.3) is 0 Å². The first-order chi connectivity index (χ1) is 12.8. The molecule has 0 aromatic carbocycles. The maximum atomic E-state index is 10.3. The molecule has 10 atom stereocenters. The Morgan fingerprint density at radius 3 is 2.00 bits per heavy atom. The summed E-state index contributed by atoms with van der Waals surface area (Å²) in [6, 6.07) is 0. The lowest BCUT2D eigenvalue weighted by Gasteiger charge is -2.46. The van der Waals surface area contributed by atoms with Gasteiger partial charge in [0.1, 0.15) is 42.7 Å². The lowest BCUT2D eigenvalue weighted by atomic mass is 9.96. The first-order valence-electron chi connectivity index (χ1n) is 8.75. The number of aliphatic hydroxyl groups is 7. The van der Waals surface area contributed by atoms with Crippen molar-refractivity contribution in [2.24, 2.45) is 5.73 Å². The van der Waals surface area contributed by atoms with Crippen LogP contribution in [0.3, 0.4) is 0 Å². The van der Waals surface area contributed by atoms with Crippen LogP contribution < -0.4 is 5.73 Å². The van der Waals surface area contributed by atoms with Crippen LogP contribution in [0.15, 0.2) is 0 Å². The van der Waals surface area contributed by atoms with Crippen LogP contribution in [0.1, 0.15) is 6.42 Å². The average Bonchev–Trinajstić information content (AvgIpc) is 2.66. The van der Waals surface area contributed by atoms with E-state index in [-0.39, 0.29) is 26.2 Å². The molecule has 0 aromatic heterocycles. The van der Waals surface area contributed by atoms with E-state index in [0.29, 0.717) is 0 Å². The van der Waals surface area contributed by atoms with E-state index in [1.54, 1.807) is 0 Å². The van der Waals surface area contributed by atoms with Crippen molar-refractivity contribution in [3.63, 3.8) is 0 Å². The molecule has 27 heavy (non-hydrogen) atoms. The van der Waals surface area contributed by atoms with E-state index in [0.717, 1.165) is 0 Å². The minimum absolute atomic E-state index is 0.0219. The second-order valence-corrected chi connectivity index (χ2v) is 6.49. The van der Waals surface area contributed by atoms with Crippen LogP contribution in [0.2, 0.25) is 0 Å². The molecule has 2 aliphatic rings. The number of rotatable bonds is 8. The van der Waals surface area contributed by atoms with Gasteiger partial charge in [0, 0.05) is 13.2 Å². The van der Waals surface area contributed by atoms with Crippen LogP contribution in [0.5, 0.6) is 0 Å². The Labute approximate surface area is 155 Å². The summed E-state index contributed by atoms with van der Waals surface area (Å²) < 4.78 is 21.6. The highest BCUT2D eigenvalue weighted by Crippen LogP contribution is 2.30. The molecule has 0 amide bonds. The molecule has 12 heteroatoms. The van der Waals surface area contributed by atoms with Crippen molar-refractivity contribution in [2.75, 3.05) is 26.4 Å². The highest BCUT2D eigenvalue weighted by atomic mass is 16.8. The van der Waals surface area contributed by atoms with Crippen LogP contribution in [0.4, 0.5) is 0 Å². The Balaban J connectivity index is 2.14. The van der Waals surface area contributed by atoms with Gasteiger partial charge in [-0.25, -0.2) is 0 Å². The predicted molar refractivity (Wildman–Crippen MR) is 86.0 cm³/mol. The summed E-state index contributed by atoms with van der Waals surface area (Å²) in [5.74, 6) is 0. The fourth-order valence-corrected chi connectivity index (χ4v) is 3.07. The summed E-state index contributed by atoms with van der Waals surface area (Å²) in [7, 11) is 0. The van der Waals surface area contributed by atoms with Crippen LogP contribution in [-0.4, -0.2) is 124 Å². The lowest BCUT2D eigenvalue weighted by molar-refractivity contribution is -0.366. The summed E-state index contributed by atoms with van der Waals surface area (Å²) in [6.45, 7) is -0.778. The minimum Gasteiger partial charge on any atom is -0.396 e. The SMILES string of the molecule is NCCO[C@H]1O[C@H](CO)[C@@H](O)[C@H](O)[C@@H]1OC1O[C@H](CCO)[C@@H](O)[C@H](O)[C@@H]1O. The summed E-state index contributed by atoms with van der Waals surface area (Å²) in [4.78, 5) is 0. The van der Waals surface area contributed by atoms with E-state index in [4.69, 9.17) is 29.8 Å². The lowest BCUT2D eigenvalue weighted by Crippen LogP contribution is -2.64. The van der Waals surface area contributed by atoms with Gasteiger partial charge in [-0.15, -0.1) is 0 Å². The van der Waals surface area contributed by atoms with Gasteiger partial charge in [-0.1, -0.05) is 0 Å². The van der Waals surface area contributed by atoms with Crippen LogP contribution in [0, 0.1) is 0 Å². The zero-order valence-corrected chi connectivity index (χ0v) is 14.6. The Morgan fingerprint density at radius 2 is 1.41 bits per heavy atom. The Kier molecular flexibility index (Phi) is 8.73. The number of hydrogen-bond donors (Lipinski definition) is 8. The topological polar surface area (TPSA) is 205 Å². The Morgan fingerprint density at radius 1 is 0.778 bits per heavy atom. The second kappa shape index (κ2) is 10.3. The zero-order valence-electron chi connectivity index (χ0n) is 14.6. The van der Waals surface area contributed by atoms with Crippen molar-refractivity contribution in [3.8, 4) is 0 Å². The van der Waals surface area contributed by atoms with Gasteiger partial charge in [0.05, 0.1) is 19.3 Å². The van der Waals surface area contributed by atoms with Gasteiger partial charge in [0.15, 0.2) is 12.6 Å². The van der Waals surface area contributed by atoms with Gasteiger partial charge in [-0.05, 0) is 6.42 Å². The molecule has 160 valence electrons. The van der Waals surface area contributed by atoms with E-state index < -0.39 is 68.0 Å². The quantitative estimate of drug-likeness (QED) is 0.193. The third-order valence-electron chi connectivity index (χ3n) is 4.60. The van der Waals surface area contributed by atoms with Gasteiger partial charge in [0.25, 0.3) is 0 Å². The number of nitrogens with two attached hydrogens (primary N) is 1. The third-order valence-corrected chi connectivity index (χ3v) is 4.60. The fraction of sp³-hybridized carbons (Fsp3) is 1.00. The van der Waals surface area contributed by atoms with E-state index in [2.05, 4.69) is 0 Å². The summed E-state index contributed by atoms with van der Waals surface area (Å²) in [5, 5.41) is 68.7. The first kappa shape index (κ1) is 22.8. The van der Waals surface area contributed by atoms with Gasteiger partial charge in [-0.3, -0.25) is 0 Å². The molecule has 1 unspecified atom stereocenters. The molecule has 2 fully saturated rings. The molecule has 0 saturated carbocycles. The molecule has 0 aromatic rings. The van der Waals surface area contributed by atoms with Crippen molar-refractivity contribution >= 4 is 0 Å². The van der Waals surface area contributed by atoms with Crippen molar-refractivity contribution < 1.29 is 54.7 Å². The predicted octanol–water partition coefficient (Wildman–Crippen LogP) is -5.02. The summed E-state index contributed by atoms with van der Waals surface area (Å²) in [6.07, 6.45) is -14.1. The van der Waals surface area contributed by atoms with Crippen molar-refractivity contribution in [1.29, 1.82) is 0 Å². The monoisotopic (exact) mass is 399 g/mol. The van der Waals surface area contributed by atoms with Crippen molar-refractivity contribution in [2.45, 2.75) is 67.8 Å². The van der Waals surface area contributed by atoms with Gasteiger partial charge < -0.3 is 60.4 Å². The highest BCUT2D eigenvalue weighted by Gasteiger charge is 2.50. The highest BCUT2D eigenvalue weighted by molar-refractivity contribution is 4.93. The fourth-order valence-electron chi connectivity index (χ4n) is 3.07. The Hall–Kier alpha value is -0.480. The second-order valence-electron chi connectivity index (χ2n) is 6.49. The third kappa shape index (κ3) is 5.12. The van der Waals surface area contributed by atoms with Crippen LogP contribution >= 0.6 is 0 Å². The molecule has 2 rings (SSSR count). The standard InChI is InChI=1S/C15H29NO11/c16-2-4-24-15-13(11(22)9(20)7(5-18)26-15)27-14-12(23)10(21)8(19)6(25-14)1-3-17/h6-15,17-23H,1-5,16H2/t6-,7-,8-,9-,10+,11+,12+,13+,14?,15+/m1/s1. The molecule has 0 bridgehead atoms. The molecule has 12 nitrogen and oxygen atoms in total. The molecule has 2 heterocycles. The van der Waals surface area contributed by atoms with Gasteiger partial charge in [0.2, 0.25) is 0 Å². The largest absolute Gasteiger partial charge is 0.396 e. The maximum Gasteiger partial charge on any atom is 0.187 e. The van der Waals surface area contributed by atoms with E-state index >= 15 is 0 Å². The molecular formula is C15H29NO11. The molecule has 9 N–H and O–H groups in total. The molecule has 2 saturated heterocycles. The van der Waals surface area contributed by atoms with E-state index in [1.807, 2.05) is 0 Å². The minimum atomic E-state index is -1.68. The normalized spacial score (nSPS) is 45.8. The number of aliphatic hydroxyl groups excluding tert-OH is 7. The van der Waals surface area contributed by atoms with Crippen molar-refractivity contribution in [3.05, 3.63) is 0 Å². The molecule has 0 spiro atoms. The summed E-state index contributed by atoms with van der Waals surface area (Å²) >= 11 is 0. The number of ether oxygens (including phenoxy) is 4. The summed E-state index contributed by atoms with van der Waals surface area (Å²) in [5.41, 5.74) is 5.38. The van der Waals surface area contributed by atoms with Crippen LogP contribution in [-0.2, 0) is 18.9 Å².